The Kier molecular flexibility index (Phi) is 6.60. The monoisotopic (exact) mass is 321 g/mol. The van der Waals surface area contributed by atoms with E-state index in [-0.39, 0.29) is 10.8 Å². The van der Waals surface area contributed by atoms with Gasteiger partial charge in [0.05, 0.1) is 13.2 Å². The molecular weight excluding hydrogens is 302 g/mol. The summed E-state index contributed by atoms with van der Waals surface area (Å²) in [5.41, 5.74) is 0. The van der Waals surface area contributed by atoms with Crippen LogP contribution in [0.1, 0.15) is 18.7 Å². The summed E-state index contributed by atoms with van der Waals surface area (Å²) in [7, 11) is -3.81. The molecular formula is C12H19NO5S2. The zero-order valence-electron chi connectivity index (χ0n) is 11.7. The number of carbonyl (C=O) groups excluding carboxylic acids is 1. The molecule has 1 aromatic heterocycles. The lowest BCUT2D eigenvalue weighted by atomic mass is 10.4. The van der Waals surface area contributed by atoms with Crippen molar-refractivity contribution in [3.8, 4) is 0 Å². The van der Waals surface area contributed by atoms with Crippen molar-refractivity contribution in [2.75, 3.05) is 19.8 Å². The molecule has 0 fully saturated rings. The minimum atomic E-state index is -3.81. The van der Waals surface area contributed by atoms with E-state index in [0.29, 0.717) is 13.2 Å². The summed E-state index contributed by atoms with van der Waals surface area (Å²) in [6.45, 7) is 6.31. The molecule has 6 nitrogen and oxygen atoms in total. The number of ether oxygens (including phenoxy) is 2. The predicted molar refractivity (Wildman–Crippen MR) is 76.3 cm³/mol. The van der Waals surface area contributed by atoms with Crippen molar-refractivity contribution in [1.82, 2.24) is 4.72 Å². The third-order valence-corrected chi connectivity index (χ3v) is 5.22. The molecule has 0 saturated carbocycles. The quantitative estimate of drug-likeness (QED) is 0.730. The van der Waals surface area contributed by atoms with E-state index in [0.717, 1.165) is 16.2 Å². The van der Waals surface area contributed by atoms with Gasteiger partial charge in [0.1, 0.15) is 10.3 Å². The van der Waals surface area contributed by atoms with Crippen molar-refractivity contribution < 1.29 is 22.7 Å². The lowest BCUT2D eigenvalue weighted by Gasteiger charge is -2.13. The first-order chi connectivity index (χ1) is 9.36. The second kappa shape index (κ2) is 7.72. The van der Waals surface area contributed by atoms with Gasteiger partial charge in [0.25, 0.3) is 15.9 Å². The molecule has 1 amide bonds. The number of carbonyl (C=O) groups is 1. The summed E-state index contributed by atoms with van der Waals surface area (Å²) >= 11 is 1.11. The Morgan fingerprint density at radius 3 is 2.65 bits per heavy atom. The summed E-state index contributed by atoms with van der Waals surface area (Å²) < 4.78 is 36.2. The summed E-state index contributed by atoms with van der Waals surface area (Å²) in [5, 5.41) is 0. The van der Waals surface area contributed by atoms with Crippen molar-refractivity contribution >= 4 is 27.3 Å². The van der Waals surface area contributed by atoms with E-state index < -0.39 is 22.0 Å². The third-order valence-electron chi connectivity index (χ3n) is 2.38. The molecule has 0 radical (unpaired) electrons. The summed E-state index contributed by atoms with van der Waals surface area (Å²) in [6, 6.07) is 3.15. The van der Waals surface area contributed by atoms with Gasteiger partial charge in [0.15, 0.2) is 0 Å². The Morgan fingerprint density at radius 1 is 1.40 bits per heavy atom. The molecule has 0 aliphatic carbocycles. The molecule has 8 heteroatoms. The Morgan fingerprint density at radius 2 is 2.10 bits per heavy atom. The Bertz CT molecular complexity index is 538. The first-order valence-electron chi connectivity index (χ1n) is 6.19. The SMILES string of the molecule is CCOCCOC(C)C(=O)NS(=O)(=O)c1ccc(C)s1. The van der Waals surface area contributed by atoms with Gasteiger partial charge in [-0.25, -0.2) is 13.1 Å². The van der Waals surface area contributed by atoms with Crippen molar-refractivity contribution in [2.45, 2.75) is 31.1 Å². The Labute approximate surface area is 123 Å². The van der Waals surface area contributed by atoms with E-state index in [4.69, 9.17) is 9.47 Å². The lowest BCUT2D eigenvalue weighted by molar-refractivity contribution is -0.130. The number of thiophene rings is 1. The Balaban J connectivity index is 2.52. The maximum absolute atomic E-state index is 11.9. The van der Waals surface area contributed by atoms with Gasteiger partial charge < -0.3 is 9.47 Å². The van der Waals surface area contributed by atoms with Gasteiger partial charge in [-0.15, -0.1) is 11.3 Å². The molecule has 1 aromatic rings. The van der Waals surface area contributed by atoms with Gasteiger partial charge in [-0.1, -0.05) is 0 Å². The highest BCUT2D eigenvalue weighted by Gasteiger charge is 2.23. The normalized spacial score (nSPS) is 13.2. The number of sulfonamides is 1. The van der Waals surface area contributed by atoms with E-state index in [1.165, 1.54) is 13.0 Å². The second-order valence-electron chi connectivity index (χ2n) is 4.04. The molecule has 1 N–H and O–H groups in total. The molecule has 0 aromatic carbocycles. The zero-order valence-corrected chi connectivity index (χ0v) is 13.3. The first kappa shape index (κ1) is 17.1. The van der Waals surface area contributed by atoms with Gasteiger partial charge in [0, 0.05) is 11.5 Å². The van der Waals surface area contributed by atoms with Gasteiger partial charge in [-0.2, -0.15) is 0 Å². The number of nitrogens with one attached hydrogen (secondary N) is 1. The molecule has 1 atom stereocenters. The van der Waals surface area contributed by atoms with Crippen LogP contribution < -0.4 is 4.72 Å². The first-order valence-corrected chi connectivity index (χ1v) is 8.49. The molecule has 20 heavy (non-hydrogen) atoms. The van der Waals surface area contributed by atoms with Crippen molar-refractivity contribution in [1.29, 1.82) is 0 Å². The van der Waals surface area contributed by atoms with Gasteiger partial charge in [-0.3, -0.25) is 4.79 Å². The van der Waals surface area contributed by atoms with Gasteiger partial charge in [0.2, 0.25) is 0 Å². The van der Waals surface area contributed by atoms with Gasteiger partial charge >= 0.3 is 0 Å². The summed E-state index contributed by atoms with van der Waals surface area (Å²) in [6.07, 6.45) is -0.855. The van der Waals surface area contributed by atoms with Crippen molar-refractivity contribution in [3.05, 3.63) is 17.0 Å². The number of aryl methyl sites for hydroxylation is 1. The van der Waals surface area contributed by atoms with Crippen LogP contribution in [0.25, 0.3) is 0 Å². The standard InChI is InChI=1S/C12H19NO5S2/c1-4-17-7-8-18-10(3)12(14)13-20(15,16)11-6-5-9(2)19-11/h5-6,10H,4,7-8H2,1-3H3,(H,13,14). The molecule has 0 aliphatic rings. The number of amides is 1. The molecule has 0 saturated heterocycles. The van der Waals surface area contributed by atoms with Crippen LogP contribution >= 0.6 is 11.3 Å². The Hall–Kier alpha value is -0.960. The molecule has 0 aliphatic heterocycles. The van der Waals surface area contributed by atoms with E-state index in [2.05, 4.69) is 0 Å². The van der Waals surface area contributed by atoms with Crippen LogP contribution in [-0.2, 0) is 24.3 Å². The fraction of sp³-hybridized carbons (Fsp3) is 0.583. The van der Waals surface area contributed by atoms with Crippen LogP contribution in [0.3, 0.4) is 0 Å². The van der Waals surface area contributed by atoms with E-state index in [1.54, 1.807) is 13.0 Å². The highest BCUT2D eigenvalue weighted by Crippen LogP contribution is 2.20. The van der Waals surface area contributed by atoms with E-state index >= 15 is 0 Å². The molecule has 114 valence electrons. The molecule has 1 rings (SSSR count). The highest BCUT2D eigenvalue weighted by molar-refractivity contribution is 7.92. The second-order valence-corrected chi connectivity index (χ2v) is 7.24. The number of hydrogen-bond acceptors (Lipinski definition) is 6. The zero-order chi connectivity index (χ0) is 15.2. The van der Waals surface area contributed by atoms with Crippen LogP contribution in [0, 0.1) is 6.92 Å². The molecule has 1 heterocycles. The largest absolute Gasteiger partial charge is 0.379 e. The van der Waals surface area contributed by atoms with Crippen LogP contribution in [-0.4, -0.2) is 40.2 Å². The fourth-order valence-corrected chi connectivity index (χ4v) is 3.65. The van der Waals surface area contributed by atoms with Crippen LogP contribution in [0.15, 0.2) is 16.3 Å². The van der Waals surface area contributed by atoms with Crippen LogP contribution in [0.4, 0.5) is 0 Å². The van der Waals surface area contributed by atoms with Gasteiger partial charge in [-0.05, 0) is 32.9 Å². The maximum atomic E-state index is 11.9. The van der Waals surface area contributed by atoms with Crippen LogP contribution in [0.2, 0.25) is 0 Å². The number of rotatable bonds is 8. The van der Waals surface area contributed by atoms with Crippen molar-refractivity contribution in [3.63, 3.8) is 0 Å². The minimum Gasteiger partial charge on any atom is -0.379 e. The lowest BCUT2D eigenvalue weighted by Crippen LogP contribution is -2.38. The third kappa shape index (κ3) is 5.20. The fourth-order valence-electron chi connectivity index (χ4n) is 1.33. The van der Waals surface area contributed by atoms with E-state index in [9.17, 15) is 13.2 Å². The highest BCUT2D eigenvalue weighted by atomic mass is 32.2. The minimum absolute atomic E-state index is 0.116. The number of hydrogen-bond donors (Lipinski definition) is 1. The molecule has 0 bridgehead atoms. The molecule has 0 spiro atoms. The average molecular weight is 321 g/mol. The predicted octanol–water partition coefficient (Wildman–Crippen LogP) is 1.30. The maximum Gasteiger partial charge on any atom is 0.273 e. The summed E-state index contributed by atoms with van der Waals surface area (Å²) in [5.74, 6) is -0.687. The molecule has 1 unspecified atom stereocenters. The van der Waals surface area contributed by atoms with Crippen LogP contribution in [0.5, 0.6) is 0 Å². The topological polar surface area (TPSA) is 81.7 Å². The summed E-state index contributed by atoms with van der Waals surface area (Å²) in [4.78, 5) is 12.6. The van der Waals surface area contributed by atoms with E-state index in [1.807, 2.05) is 11.6 Å². The smallest absolute Gasteiger partial charge is 0.273 e. The van der Waals surface area contributed by atoms with Crippen molar-refractivity contribution in [2.24, 2.45) is 0 Å². The average Bonchev–Trinajstić information content (AvgIpc) is 2.81.